The summed E-state index contributed by atoms with van der Waals surface area (Å²) in [7, 11) is 0. The Morgan fingerprint density at radius 2 is 0.738 bits per heavy atom. The van der Waals surface area contributed by atoms with Crippen molar-refractivity contribution >= 4 is 35.2 Å². The molecule has 4 atom stereocenters. The molecule has 0 aliphatic carbocycles. The number of benzene rings is 2. The van der Waals surface area contributed by atoms with E-state index in [1.54, 1.807) is 36.4 Å². The number of hydrogen-bond donors (Lipinski definition) is 7. The summed E-state index contributed by atoms with van der Waals surface area (Å²) >= 11 is 1.27. The zero-order valence-corrected chi connectivity index (χ0v) is 35.7. The van der Waals surface area contributed by atoms with Crippen LogP contribution in [-0.2, 0) is 18.9 Å². The Labute approximate surface area is 360 Å². The topological polar surface area (TPSA) is 247 Å². The Balaban J connectivity index is 1.90. The van der Waals surface area contributed by atoms with E-state index >= 15 is 0 Å². The number of ether oxygens (including phenoxy) is 4. The van der Waals surface area contributed by atoms with Gasteiger partial charge in [0.25, 0.3) is 0 Å². The van der Waals surface area contributed by atoms with Gasteiger partial charge in [0.1, 0.15) is 0 Å². The predicted octanol–water partition coefficient (Wildman–Crippen LogP) is 5.22. The Bertz CT molecular complexity index is 1570. The second-order valence-electron chi connectivity index (χ2n) is 14.9. The van der Waals surface area contributed by atoms with Crippen LogP contribution in [0.1, 0.15) is 132 Å². The standard InChI is InChI=1S/C45H62O15S/c1-2-36(49)11-3-7-17-57-42(53)32-21-30(22-33(25-32)43(54)58-18-8-4-12-37(50)27-46)40-15-16-41(61-40)31-23-34(44(55)59-19-9-5-13-38(51)28-47)26-35(24-31)45(56)60-20-10-6-14-39(52)29-48/h15-16,21-26,36-39,46-52H,2-14,17-20,27-29H2,1H3. The van der Waals surface area contributed by atoms with Crippen LogP contribution in [0.4, 0.5) is 0 Å². The number of unbranched alkanes of at least 4 members (excludes halogenated alkanes) is 4. The number of carbonyl (C=O) groups excluding carboxylic acids is 4. The van der Waals surface area contributed by atoms with Crippen molar-refractivity contribution in [1.82, 2.24) is 0 Å². The van der Waals surface area contributed by atoms with Crippen molar-refractivity contribution < 1.29 is 73.9 Å². The van der Waals surface area contributed by atoms with Gasteiger partial charge in [-0.05, 0) is 143 Å². The SMILES string of the molecule is CCC(O)CCCCOC(=O)c1cc(C(=O)OCCCCC(O)CO)cc(-c2ccc(-c3cc(C(=O)OCCCCC(O)CO)cc(C(=O)OCCCCC(O)CO)c3)s2)c1. The molecule has 1 aromatic heterocycles. The van der Waals surface area contributed by atoms with Crippen LogP contribution in [0.5, 0.6) is 0 Å². The van der Waals surface area contributed by atoms with E-state index in [-0.39, 0.29) is 68.5 Å². The van der Waals surface area contributed by atoms with Gasteiger partial charge in [-0.25, -0.2) is 19.2 Å². The van der Waals surface area contributed by atoms with Gasteiger partial charge in [-0.1, -0.05) is 6.92 Å². The van der Waals surface area contributed by atoms with Crippen LogP contribution < -0.4 is 0 Å². The summed E-state index contributed by atoms with van der Waals surface area (Å²) in [6.45, 7) is 1.06. The minimum Gasteiger partial charge on any atom is -0.462 e. The van der Waals surface area contributed by atoms with Crippen LogP contribution in [0.2, 0.25) is 0 Å². The first-order valence-corrected chi connectivity index (χ1v) is 21.8. The lowest BCUT2D eigenvalue weighted by atomic mass is 10.0. The van der Waals surface area contributed by atoms with Gasteiger partial charge in [-0.3, -0.25) is 0 Å². The van der Waals surface area contributed by atoms with Crippen molar-refractivity contribution in [3.8, 4) is 20.9 Å². The molecule has 3 aromatic rings. The average molecular weight is 875 g/mol. The maximum atomic E-state index is 13.3. The molecule has 15 nitrogen and oxygen atoms in total. The quantitative estimate of drug-likeness (QED) is 0.0258. The van der Waals surface area contributed by atoms with Crippen LogP contribution in [0.3, 0.4) is 0 Å². The maximum Gasteiger partial charge on any atom is 0.338 e. The average Bonchev–Trinajstić information content (AvgIpc) is 3.78. The lowest BCUT2D eigenvalue weighted by molar-refractivity contribution is 0.0465. The number of thiophene rings is 1. The summed E-state index contributed by atoms with van der Waals surface area (Å²) in [6, 6.07) is 12.7. The number of carbonyl (C=O) groups is 4. The van der Waals surface area contributed by atoms with Crippen LogP contribution >= 0.6 is 11.3 Å². The summed E-state index contributed by atoms with van der Waals surface area (Å²) in [6.07, 6.45) is 3.35. The summed E-state index contributed by atoms with van der Waals surface area (Å²) in [5.74, 6) is -2.69. The van der Waals surface area contributed by atoms with Crippen molar-refractivity contribution in [2.24, 2.45) is 0 Å². The molecule has 61 heavy (non-hydrogen) atoms. The third-order valence-electron chi connectivity index (χ3n) is 9.75. The van der Waals surface area contributed by atoms with Crippen LogP contribution in [0.15, 0.2) is 48.5 Å². The Morgan fingerprint density at radius 3 is 1.00 bits per heavy atom. The Kier molecular flexibility index (Phi) is 23.8. The zero-order valence-electron chi connectivity index (χ0n) is 34.9. The minimum atomic E-state index is -0.857. The molecule has 4 unspecified atom stereocenters. The van der Waals surface area contributed by atoms with Crippen LogP contribution in [0.25, 0.3) is 20.9 Å². The van der Waals surface area contributed by atoms with E-state index in [9.17, 15) is 39.6 Å². The highest BCUT2D eigenvalue weighted by molar-refractivity contribution is 7.18. The summed E-state index contributed by atoms with van der Waals surface area (Å²) in [5.41, 5.74) is 1.39. The van der Waals surface area contributed by atoms with Crippen molar-refractivity contribution in [3.05, 3.63) is 70.8 Å². The molecule has 0 bridgehead atoms. The normalized spacial score (nSPS) is 13.2. The van der Waals surface area contributed by atoms with E-state index in [2.05, 4.69) is 0 Å². The van der Waals surface area contributed by atoms with Gasteiger partial charge in [0, 0.05) is 9.75 Å². The Hall–Kier alpha value is -4.26. The van der Waals surface area contributed by atoms with Gasteiger partial charge in [-0.15, -0.1) is 11.3 Å². The molecule has 338 valence electrons. The smallest absolute Gasteiger partial charge is 0.338 e. The minimum absolute atomic E-state index is 0.0438. The third kappa shape index (κ3) is 18.7. The molecule has 0 fully saturated rings. The first-order chi connectivity index (χ1) is 29.4. The third-order valence-corrected chi connectivity index (χ3v) is 10.9. The van der Waals surface area contributed by atoms with Gasteiger partial charge >= 0.3 is 23.9 Å². The van der Waals surface area contributed by atoms with Gasteiger partial charge in [0.05, 0.1) is 92.9 Å². The molecule has 0 radical (unpaired) electrons. The number of rotatable bonds is 30. The summed E-state index contributed by atoms with van der Waals surface area (Å²) in [4.78, 5) is 54.4. The number of esters is 4. The molecular formula is C45H62O15S. The molecule has 0 spiro atoms. The van der Waals surface area contributed by atoms with E-state index in [0.717, 1.165) is 0 Å². The second kappa shape index (κ2) is 28.4. The molecule has 7 N–H and O–H groups in total. The fourth-order valence-corrected chi connectivity index (χ4v) is 7.04. The first-order valence-electron chi connectivity index (χ1n) is 21.0. The molecule has 3 rings (SSSR count). The monoisotopic (exact) mass is 874 g/mol. The molecule has 0 saturated heterocycles. The highest BCUT2D eigenvalue weighted by atomic mass is 32.1. The molecule has 0 aliphatic heterocycles. The van der Waals surface area contributed by atoms with Crippen LogP contribution in [-0.4, -0.2) is 130 Å². The fraction of sp³-hybridized carbons (Fsp3) is 0.556. The van der Waals surface area contributed by atoms with Gasteiger partial charge in [-0.2, -0.15) is 0 Å². The first kappa shape index (κ1) is 51.1. The lowest BCUT2D eigenvalue weighted by Crippen LogP contribution is -2.13. The molecular weight excluding hydrogens is 813 g/mol. The highest BCUT2D eigenvalue weighted by Gasteiger charge is 2.20. The molecule has 0 saturated carbocycles. The van der Waals surface area contributed by atoms with E-state index in [1.807, 2.05) is 6.92 Å². The van der Waals surface area contributed by atoms with Gasteiger partial charge < -0.3 is 54.7 Å². The highest BCUT2D eigenvalue weighted by Crippen LogP contribution is 2.37. The summed E-state index contributed by atoms with van der Waals surface area (Å²) in [5, 5.41) is 65.8. The summed E-state index contributed by atoms with van der Waals surface area (Å²) < 4.78 is 22.0. The second-order valence-corrected chi connectivity index (χ2v) is 15.9. The van der Waals surface area contributed by atoms with E-state index in [0.29, 0.717) is 104 Å². The molecule has 16 heteroatoms. The van der Waals surface area contributed by atoms with Crippen molar-refractivity contribution in [3.63, 3.8) is 0 Å². The lowest BCUT2D eigenvalue weighted by Gasteiger charge is -2.11. The van der Waals surface area contributed by atoms with E-state index in [1.165, 1.54) is 23.5 Å². The molecule has 1 heterocycles. The van der Waals surface area contributed by atoms with Crippen molar-refractivity contribution in [1.29, 1.82) is 0 Å². The number of hydrogen-bond acceptors (Lipinski definition) is 16. The van der Waals surface area contributed by atoms with Gasteiger partial charge in [0.2, 0.25) is 0 Å². The molecule has 2 aromatic carbocycles. The molecule has 0 aliphatic rings. The zero-order chi connectivity index (χ0) is 44.6. The van der Waals surface area contributed by atoms with E-state index in [4.69, 9.17) is 34.3 Å². The largest absolute Gasteiger partial charge is 0.462 e. The van der Waals surface area contributed by atoms with Crippen molar-refractivity contribution in [2.45, 2.75) is 115 Å². The van der Waals surface area contributed by atoms with Gasteiger partial charge in [0.15, 0.2) is 0 Å². The van der Waals surface area contributed by atoms with Crippen LogP contribution in [0, 0.1) is 0 Å². The predicted molar refractivity (Wildman–Crippen MR) is 227 cm³/mol. The number of aliphatic hydroxyl groups excluding tert-OH is 7. The number of aliphatic hydroxyl groups is 7. The Morgan fingerprint density at radius 1 is 0.459 bits per heavy atom. The molecule has 0 amide bonds. The fourth-order valence-electron chi connectivity index (χ4n) is 6.06. The maximum absolute atomic E-state index is 13.3. The van der Waals surface area contributed by atoms with Crippen molar-refractivity contribution in [2.75, 3.05) is 46.2 Å². The van der Waals surface area contributed by atoms with E-state index < -0.39 is 48.3 Å².